The summed E-state index contributed by atoms with van der Waals surface area (Å²) in [6, 6.07) is 17.1. The predicted octanol–water partition coefficient (Wildman–Crippen LogP) is 3.11. The molecule has 96 valence electrons. The zero-order valence-corrected chi connectivity index (χ0v) is 10.8. The van der Waals surface area contributed by atoms with Gasteiger partial charge in [0.2, 0.25) is 0 Å². The van der Waals surface area contributed by atoms with Crippen molar-refractivity contribution in [2.45, 2.75) is 19.5 Å². The van der Waals surface area contributed by atoms with Crippen LogP contribution < -0.4 is 5.32 Å². The Hall–Kier alpha value is -2.31. The van der Waals surface area contributed by atoms with Crippen LogP contribution in [-0.4, -0.2) is 5.11 Å². The van der Waals surface area contributed by atoms with E-state index in [9.17, 15) is 5.11 Å². The van der Waals surface area contributed by atoms with Gasteiger partial charge in [0, 0.05) is 18.2 Å². The summed E-state index contributed by atoms with van der Waals surface area (Å²) in [7, 11) is 0. The normalized spacial score (nSPS) is 11.8. The first kappa shape index (κ1) is 13.1. The highest BCUT2D eigenvalue weighted by atomic mass is 16.3. The van der Waals surface area contributed by atoms with Crippen LogP contribution in [0.25, 0.3) is 0 Å². The second-order valence-electron chi connectivity index (χ2n) is 4.47. The highest BCUT2D eigenvalue weighted by molar-refractivity contribution is 5.35. The standard InChI is InChI=1S/C16H16N2O/c1-12(14-7-4-5-13(9-14)10-17)18-11-15-6-2-3-8-16(15)19/h2-9,12,18-19H,11H2,1H3. The van der Waals surface area contributed by atoms with Crippen molar-refractivity contribution in [2.75, 3.05) is 0 Å². The van der Waals surface area contributed by atoms with Crippen LogP contribution in [0.1, 0.15) is 29.7 Å². The number of nitrogens with zero attached hydrogens (tertiary/aromatic N) is 1. The molecule has 2 aromatic carbocycles. The number of hydrogen-bond acceptors (Lipinski definition) is 3. The van der Waals surface area contributed by atoms with Crippen LogP contribution in [0.4, 0.5) is 0 Å². The number of phenolic OH excluding ortho intramolecular Hbond substituents is 1. The quantitative estimate of drug-likeness (QED) is 0.879. The molecule has 0 aliphatic carbocycles. The van der Waals surface area contributed by atoms with E-state index in [1.54, 1.807) is 18.2 Å². The van der Waals surface area contributed by atoms with Crippen LogP contribution >= 0.6 is 0 Å². The third-order valence-corrected chi connectivity index (χ3v) is 3.11. The van der Waals surface area contributed by atoms with Crippen molar-refractivity contribution in [1.29, 1.82) is 5.26 Å². The van der Waals surface area contributed by atoms with Crippen molar-refractivity contribution in [2.24, 2.45) is 0 Å². The van der Waals surface area contributed by atoms with Gasteiger partial charge in [-0.3, -0.25) is 0 Å². The monoisotopic (exact) mass is 252 g/mol. The van der Waals surface area contributed by atoms with Crippen molar-refractivity contribution in [1.82, 2.24) is 5.32 Å². The predicted molar refractivity (Wildman–Crippen MR) is 74.5 cm³/mol. The number of benzene rings is 2. The van der Waals surface area contributed by atoms with Crippen molar-refractivity contribution in [3.8, 4) is 11.8 Å². The zero-order valence-electron chi connectivity index (χ0n) is 10.8. The lowest BCUT2D eigenvalue weighted by Crippen LogP contribution is -2.18. The topological polar surface area (TPSA) is 56.0 Å². The molecule has 0 heterocycles. The van der Waals surface area contributed by atoms with Gasteiger partial charge in [0.1, 0.15) is 5.75 Å². The van der Waals surface area contributed by atoms with E-state index in [2.05, 4.69) is 11.4 Å². The molecule has 19 heavy (non-hydrogen) atoms. The lowest BCUT2D eigenvalue weighted by atomic mass is 10.1. The molecule has 3 heteroatoms. The molecule has 0 aliphatic heterocycles. The third-order valence-electron chi connectivity index (χ3n) is 3.11. The molecule has 0 radical (unpaired) electrons. The number of hydrogen-bond donors (Lipinski definition) is 2. The van der Waals surface area contributed by atoms with Crippen molar-refractivity contribution >= 4 is 0 Å². The molecule has 0 aromatic heterocycles. The molecule has 0 bridgehead atoms. The molecule has 0 fully saturated rings. The molecular formula is C16H16N2O. The Morgan fingerprint density at radius 2 is 2.00 bits per heavy atom. The van der Waals surface area contributed by atoms with E-state index in [1.807, 2.05) is 37.3 Å². The largest absolute Gasteiger partial charge is 0.508 e. The molecule has 2 rings (SSSR count). The summed E-state index contributed by atoms with van der Waals surface area (Å²) in [6.45, 7) is 2.63. The van der Waals surface area contributed by atoms with Gasteiger partial charge < -0.3 is 10.4 Å². The van der Waals surface area contributed by atoms with Crippen LogP contribution in [0.5, 0.6) is 5.75 Å². The Morgan fingerprint density at radius 1 is 1.21 bits per heavy atom. The van der Waals surface area contributed by atoms with Gasteiger partial charge in [0.05, 0.1) is 11.6 Å². The van der Waals surface area contributed by atoms with Gasteiger partial charge in [-0.1, -0.05) is 30.3 Å². The number of para-hydroxylation sites is 1. The Morgan fingerprint density at radius 3 is 2.74 bits per heavy atom. The Balaban J connectivity index is 2.03. The summed E-state index contributed by atoms with van der Waals surface area (Å²) >= 11 is 0. The fourth-order valence-electron chi connectivity index (χ4n) is 1.92. The van der Waals surface area contributed by atoms with Crippen LogP contribution in [0.3, 0.4) is 0 Å². The van der Waals surface area contributed by atoms with E-state index in [1.165, 1.54) is 0 Å². The third kappa shape index (κ3) is 3.34. The van der Waals surface area contributed by atoms with Gasteiger partial charge in [-0.05, 0) is 30.7 Å². The first-order valence-corrected chi connectivity index (χ1v) is 6.21. The van der Waals surface area contributed by atoms with Crippen molar-refractivity contribution < 1.29 is 5.11 Å². The SMILES string of the molecule is CC(NCc1ccccc1O)c1cccc(C#N)c1. The van der Waals surface area contributed by atoms with Gasteiger partial charge in [0.25, 0.3) is 0 Å². The van der Waals surface area contributed by atoms with Gasteiger partial charge in [-0.25, -0.2) is 0 Å². The van der Waals surface area contributed by atoms with E-state index in [4.69, 9.17) is 5.26 Å². The minimum absolute atomic E-state index is 0.118. The fourth-order valence-corrected chi connectivity index (χ4v) is 1.92. The summed E-state index contributed by atoms with van der Waals surface area (Å²) in [5, 5.41) is 21.9. The van der Waals surface area contributed by atoms with Crippen LogP contribution in [-0.2, 0) is 6.54 Å². The van der Waals surface area contributed by atoms with Crippen LogP contribution in [0, 0.1) is 11.3 Å². The fraction of sp³-hybridized carbons (Fsp3) is 0.188. The number of rotatable bonds is 4. The molecule has 0 amide bonds. The van der Waals surface area contributed by atoms with E-state index in [0.29, 0.717) is 17.9 Å². The summed E-state index contributed by atoms with van der Waals surface area (Å²) in [6.07, 6.45) is 0. The Labute approximate surface area is 113 Å². The lowest BCUT2D eigenvalue weighted by molar-refractivity contribution is 0.460. The highest BCUT2D eigenvalue weighted by Gasteiger charge is 2.07. The van der Waals surface area contributed by atoms with Crippen LogP contribution in [0.2, 0.25) is 0 Å². The second-order valence-corrected chi connectivity index (χ2v) is 4.47. The Kier molecular flexibility index (Phi) is 4.17. The average Bonchev–Trinajstić information content (AvgIpc) is 2.46. The molecule has 0 aliphatic rings. The van der Waals surface area contributed by atoms with E-state index >= 15 is 0 Å². The molecule has 1 atom stereocenters. The number of phenols is 1. The molecule has 2 aromatic rings. The van der Waals surface area contributed by atoms with Crippen molar-refractivity contribution in [3.63, 3.8) is 0 Å². The molecular weight excluding hydrogens is 236 g/mol. The van der Waals surface area contributed by atoms with E-state index < -0.39 is 0 Å². The molecule has 0 saturated carbocycles. The maximum atomic E-state index is 9.69. The smallest absolute Gasteiger partial charge is 0.120 e. The van der Waals surface area contributed by atoms with Gasteiger partial charge in [-0.15, -0.1) is 0 Å². The van der Waals surface area contributed by atoms with E-state index in [-0.39, 0.29) is 6.04 Å². The summed E-state index contributed by atoms with van der Waals surface area (Å²) in [5.41, 5.74) is 2.59. The lowest BCUT2D eigenvalue weighted by Gasteiger charge is -2.15. The van der Waals surface area contributed by atoms with Gasteiger partial charge >= 0.3 is 0 Å². The molecule has 2 N–H and O–H groups in total. The minimum atomic E-state index is 0.118. The highest BCUT2D eigenvalue weighted by Crippen LogP contribution is 2.18. The number of aromatic hydroxyl groups is 1. The Bertz CT molecular complexity index is 602. The summed E-state index contributed by atoms with van der Waals surface area (Å²) < 4.78 is 0. The molecule has 3 nitrogen and oxygen atoms in total. The van der Waals surface area contributed by atoms with Crippen LogP contribution in [0.15, 0.2) is 48.5 Å². The zero-order chi connectivity index (χ0) is 13.7. The average molecular weight is 252 g/mol. The first-order valence-electron chi connectivity index (χ1n) is 6.21. The first-order chi connectivity index (χ1) is 9.20. The van der Waals surface area contributed by atoms with Crippen molar-refractivity contribution in [3.05, 3.63) is 65.2 Å². The second kappa shape index (κ2) is 6.03. The summed E-state index contributed by atoms with van der Waals surface area (Å²) in [5.74, 6) is 0.299. The minimum Gasteiger partial charge on any atom is -0.508 e. The number of nitriles is 1. The maximum Gasteiger partial charge on any atom is 0.120 e. The number of nitrogens with one attached hydrogen (secondary N) is 1. The molecule has 0 saturated heterocycles. The molecule has 1 unspecified atom stereocenters. The van der Waals surface area contributed by atoms with E-state index in [0.717, 1.165) is 11.1 Å². The summed E-state index contributed by atoms with van der Waals surface area (Å²) in [4.78, 5) is 0. The van der Waals surface area contributed by atoms with Gasteiger partial charge in [-0.2, -0.15) is 5.26 Å². The molecule has 0 spiro atoms. The maximum absolute atomic E-state index is 9.69. The van der Waals surface area contributed by atoms with Gasteiger partial charge in [0.15, 0.2) is 0 Å².